The van der Waals surface area contributed by atoms with E-state index in [2.05, 4.69) is 5.10 Å². The number of aromatic carboxylic acids is 1. The Morgan fingerprint density at radius 3 is 2.52 bits per heavy atom. The van der Waals surface area contributed by atoms with E-state index in [-0.39, 0.29) is 11.3 Å². The van der Waals surface area contributed by atoms with Crippen molar-refractivity contribution in [3.05, 3.63) is 55.3 Å². The Morgan fingerprint density at radius 1 is 1.17 bits per heavy atom. The fraction of sp³-hybridized carbons (Fsp3) is 0.154. The molecule has 1 N–H and O–H groups in total. The van der Waals surface area contributed by atoms with Crippen LogP contribution >= 0.6 is 0 Å². The molecule has 0 bridgehead atoms. The zero-order valence-electron chi connectivity index (χ0n) is 12.0. The van der Waals surface area contributed by atoms with E-state index in [0.717, 1.165) is 11.7 Å². The lowest BCUT2D eigenvalue weighted by atomic mass is 10.3. The van der Waals surface area contributed by atoms with E-state index >= 15 is 0 Å². The van der Waals surface area contributed by atoms with Gasteiger partial charge in [0.25, 0.3) is 5.56 Å². The first-order valence-electron chi connectivity index (χ1n) is 6.35. The molecule has 0 aliphatic heterocycles. The minimum absolute atomic E-state index is 0.162. The van der Waals surface area contributed by atoms with Gasteiger partial charge in [0.05, 0.1) is 11.2 Å². The van der Waals surface area contributed by atoms with Crippen LogP contribution in [0.15, 0.2) is 37.0 Å². The van der Waals surface area contributed by atoms with Crippen LogP contribution in [0.4, 0.5) is 0 Å². The molecular formula is C13H10N4O6. The Bertz CT molecular complexity index is 1130. The van der Waals surface area contributed by atoms with Crippen molar-refractivity contribution < 1.29 is 14.3 Å². The van der Waals surface area contributed by atoms with Crippen molar-refractivity contribution in [2.24, 2.45) is 14.1 Å². The number of hydrogen-bond donors (Lipinski definition) is 1. The summed E-state index contributed by atoms with van der Waals surface area (Å²) < 4.78 is 7.69. The van der Waals surface area contributed by atoms with E-state index in [9.17, 15) is 19.2 Å². The van der Waals surface area contributed by atoms with E-state index < -0.39 is 28.7 Å². The number of hydrogen-bond acceptors (Lipinski definition) is 6. The zero-order chi connectivity index (χ0) is 16.9. The number of carboxylic acids is 1. The molecule has 0 aliphatic carbocycles. The van der Waals surface area contributed by atoms with Gasteiger partial charge < -0.3 is 9.52 Å². The maximum atomic E-state index is 12.1. The fourth-order valence-corrected chi connectivity index (χ4v) is 2.13. The first-order valence-corrected chi connectivity index (χ1v) is 6.35. The highest BCUT2D eigenvalue weighted by molar-refractivity contribution is 5.84. The maximum Gasteiger partial charge on any atom is 0.419 e. The van der Waals surface area contributed by atoms with E-state index in [4.69, 9.17) is 9.52 Å². The van der Waals surface area contributed by atoms with Crippen molar-refractivity contribution in [2.75, 3.05) is 0 Å². The van der Waals surface area contributed by atoms with Crippen molar-refractivity contribution in [1.29, 1.82) is 0 Å². The number of nitrogens with zero attached hydrogens (tertiary/aromatic N) is 4. The number of carbonyl (C=O) groups is 1. The van der Waals surface area contributed by atoms with E-state index in [1.165, 1.54) is 29.8 Å². The fourth-order valence-electron chi connectivity index (χ4n) is 2.13. The molecule has 10 nitrogen and oxygen atoms in total. The van der Waals surface area contributed by atoms with Gasteiger partial charge in [-0.25, -0.2) is 14.4 Å². The summed E-state index contributed by atoms with van der Waals surface area (Å²) in [7, 11) is 2.67. The molecule has 0 unspecified atom stereocenters. The highest BCUT2D eigenvalue weighted by atomic mass is 16.4. The second-order valence-corrected chi connectivity index (χ2v) is 4.79. The average Bonchev–Trinajstić information content (AvgIpc) is 2.79. The van der Waals surface area contributed by atoms with Crippen molar-refractivity contribution in [3.63, 3.8) is 0 Å². The standard InChI is InChI=1S/C13H10N4O6/c1-15-7-4-3-6(5-8(7)23-13(15)22)17-12(21)16(2)10(18)9(14-17)11(19)20/h3-5H,1-2H3,(H,19,20). The Morgan fingerprint density at radius 2 is 1.87 bits per heavy atom. The molecule has 23 heavy (non-hydrogen) atoms. The normalized spacial score (nSPS) is 11.0. The molecule has 10 heteroatoms. The number of oxazole rings is 1. The summed E-state index contributed by atoms with van der Waals surface area (Å²) in [5, 5.41) is 12.6. The molecule has 0 atom stereocenters. The van der Waals surface area contributed by atoms with Crippen LogP contribution in [0.25, 0.3) is 16.8 Å². The summed E-state index contributed by atoms with van der Waals surface area (Å²) in [6, 6.07) is 4.35. The second-order valence-electron chi connectivity index (χ2n) is 4.79. The number of aryl methyl sites for hydroxylation is 1. The van der Waals surface area contributed by atoms with Gasteiger partial charge in [-0.15, -0.1) is 0 Å². The van der Waals surface area contributed by atoms with Crippen LogP contribution in [0.2, 0.25) is 0 Å². The minimum atomic E-state index is -1.55. The monoisotopic (exact) mass is 318 g/mol. The summed E-state index contributed by atoms with van der Waals surface area (Å²) in [6.07, 6.45) is 0. The van der Waals surface area contributed by atoms with E-state index in [0.29, 0.717) is 10.1 Å². The Hall–Kier alpha value is -3.43. The Labute approximate surface area is 126 Å². The average molecular weight is 318 g/mol. The van der Waals surface area contributed by atoms with Crippen molar-refractivity contribution in [2.45, 2.75) is 0 Å². The van der Waals surface area contributed by atoms with Gasteiger partial charge >= 0.3 is 17.4 Å². The number of benzene rings is 1. The molecule has 0 amide bonds. The molecule has 1 aromatic carbocycles. The molecule has 0 saturated heterocycles. The molecule has 3 aromatic rings. The van der Waals surface area contributed by atoms with Gasteiger partial charge in [-0.1, -0.05) is 0 Å². The van der Waals surface area contributed by atoms with Gasteiger partial charge in [0.1, 0.15) is 0 Å². The van der Waals surface area contributed by atoms with Gasteiger partial charge in [-0.2, -0.15) is 9.78 Å². The maximum absolute atomic E-state index is 12.1. The molecule has 0 fully saturated rings. The Kier molecular flexibility index (Phi) is 3.03. The molecule has 0 saturated carbocycles. The first-order chi connectivity index (χ1) is 10.8. The highest BCUT2D eigenvalue weighted by Crippen LogP contribution is 2.15. The number of carboxylic acid groups (broad SMARTS) is 1. The SMILES string of the molecule is Cn1c(=O)c(C(=O)O)nn(-c2ccc3c(c2)oc(=O)n3C)c1=O. The van der Waals surface area contributed by atoms with Gasteiger partial charge in [0.2, 0.25) is 5.69 Å². The predicted molar refractivity (Wildman–Crippen MR) is 77.0 cm³/mol. The third-order valence-electron chi connectivity index (χ3n) is 3.40. The lowest BCUT2D eigenvalue weighted by Gasteiger charge is -2.07. The van der Waals surface area contributed by atoms with Crippen molar-refractivity contribution >= 4 is 17.1 Å². The van der Waals surface area contributed by atoms with Gasteiger partial charge in [0, 0.05) is 20.2 Å². The summed E-state index contributed by atoms with van der Waals surface area (Å²) in [5.41, 5.74) is -1.76. The summed E-state index contributed by atoms with van der Waals surface area (Å²) in [6.45, 7) is 0. The molecule has 0 radical (unpaired) electrons. The van der Waals surface area contributed by atoms with Crippen LogP contribution in [-0.4, -0.2) is 30.0 Å². The van der Waals surface area contributed by atoms with Crippen molar-refractivity contribution in [1.82, 2.24) is 18.9 Å². The number of rotatable bonds is 2. The summed E-state index contributed by atoms with van der Waals surface area (Å²) >= 11 is 0. The van der Waals surface area contributed by atoms with Gasteiger partial charge in [-0.05, 0) is 12.1 Å². The van der Waals surface area contributed by atoms with Gasteiger partial charge in [0.15, 0.2) is 5.58 Å². The largest absolute Gasteiger partial charge is 0.476 e. The zero-order valence-corrected chi connectivity index (χ0v) is 12.0. The van der Waals surface area contributed by atoms with Crippen LogP contribution < -0.4 is 17.0 Å². The molecule has 2 aromatic heterocycles. The Balaban J connectivity index is 2.34. The minimum Gasteiger partial charge on any atom is -0.476 e. The van der Waals surface area contributed by atoms with E-state index in [1.54, 1.807) is 0 Å². The lowest BCUT2D eigenvalue weighted by Crippen LogP contribution is -2.42. The highest BCUT2D eigenvalue weighted by Gasteiger charge is 2.18. The van der Waals surface area contributed by atoms with Crippen molar-refractivity contribution in [3.8, 4) is 5.69 Å². The molecule has 3 rings (SSSR count). The summed E-state index contributed by atoms with van der Waals surface area (Å²) in [5.74, 6) is -2.13. The quantitative estimate of drug-likeness (QED) is 0.646. The molecule has 2 heterocycles. The number of aromatic nitrogens is 4. The molecule has 0 aliphatic rings. The lowest BCUT2D eigenvalue weighted by molar-refractivity contribution is 0.0684. The smallest absolute Gasteiger partial charge is 0.419 e. The van der Waals surface area contributed by atoms with Crippen LogP contribution in [0, 0.1) is 0 Å². The first kappa shape index (κ1) is 14.5. The van der Waals surface area contributed by atoms with Crippen LogP contribution in [-0.2, 0) is 14.1 Å². The van der Waals surface area contributed by atoms with Crippen LogP contribution in [0.5, 0.6) is 0 Å². The topological polar surface area (TPSA) is 129 Å². The van der Waals surface area contributed by atoms with Crippen LogP contribution in [0.3, 0.4) is 0 Å². The van der Waals surface area contributed by atoms with E-state index in [1.807, 2.05) is 0 Å². The molecular weight excluding hydrogens is 308 g/mol. The number of fused-ring (bicyclic) bond motifs is 1. The van der Waals surface area contributed by atoms with Gasteiger partial charge in [-0.3, -0.25) is 13.9 Å². The summed E-state index contributed by atoms with van der Waals surface area (Å²) in [4.78, 5) is 46.4. The molecule has 118 valence electrons. The predicted octanol–water partition coefficient (Wildman–Crippen LogP) is -0.926. The molecule has 0 spiro atoms. The third kappa shape index (κ3) is 2.08. The van der Waals surface area contributed by atoms with Crippen LogP contribution in [0.1, 0.15) is 10.5 Å². The third-order valence-corrected chi connectivity index (χ3v) is 3.40. The second kappa shape index (κ2) is 4.80.